The van der Waals surface area contributed by atoms with E-state index >= 15 is 0 Å². The zero-order valence-electron chi connectivity index (χ0n) is 14.7. The first kappa shape index (κ1) is 16.8. The lowest BCUT2D eigenvalue weighted by Crippen LogP contribution is -2.40. The molecule has 0 unspecified atom stereocenters. The first-order chi connectivity index (χ1) is 12.0. The zero-order valence-corrected chi connectivity index (χ0v) is 16.3. The number of aromatic nitrogens is 4. The van der Waals surface area contributed by atoms with Gasteiger partial charge in [0.05, 0.1) is 11.1 Å². The molecule has 3 aromatic rings. The number of likely N-dealkylation sites (tertiary alicyclic amines) is 1. The number of amides is 1. The van der Waals surface area contributed by atoms with E-state index in [9.17, 15) is 4.79 Å². The van der Waals surface area contributed by atoms with Crippen molar-refractivity contribution in [2.24, 2.45) is 5.92 Å². The van der Waals surface area contributed by atoms with Gasteiger partial charge in [-0.1, -0.05) is 18.7 Å². The van der Waals surface area contributed by atoms with Crippen LogP contribution in [0.15, 0.2) is 11.5 Å². The summed E-state index contributed by atoms with van der Waals surface area (Å²) in [5, 5.41) is 10.5. The third-order valence-corrected chi connectivity index (χ3v) is 6.92. The molecule has 1 aliphatic heterocycles. The fourth-order valence-corrected chi connectivity index (χ4v) is 5.15. The Kier molecular flexibility index (Phi) is 4.41. The highest BCUT2D eigenvalue weighted by atomic mass is 32.2. The molecule has 0 aromatic carbocycles. The monoisotopic (exact) mass is 375 g/mol. The molecule has 1 aliphatic rings. The van der Waals surface area contributed by atoms with Gasteiger partial charge in [-0.3, -0.25) is 9.20 Å². The predicted octanol–water partition coefficient (Wildman–Crippen LogP) is 3.31. The van der Waals surface area contributed by atoms with Crippen LogP contribution in [0.1, 0.15) is 30.2 Å². The molecule has 0 radical (unpaired) electrons. The Labute approximate surface area is 154 Å². The Bertz CT molecular complexity index is 947. The van der Waals surface area contributed by atoms with E-state index in [0.29, 0.717) is 11.7 Å². The Morgan fingerprint density at radius 2 is 2.24 bits per heavy atom. The first-order valence-electron chi connectivity index (χ1n) is 8.54. The highest BCUT2D eigenvalue weighted by Gasteiger charge is 2.22. The van der Waals surface area contributed by atoms with Gasteiger partial charge < -0.3 is 4.90 Å². The Morgan fingerprint density at radius 3 is 3.04 bits per heavy atom. The number of hydrogen-bond acceptors (Lipinski definition) is 6. The molecule has 4 heterocycles. The molecule has 1 fully saturated rings. The van der Waals surface area contributed by atoms with E-state index in [1.165, 1.54) is 28.6 Å². The van der Waals surface area contributed by atoms with E-state index in [4.69, 9.17) is 0 Å². The van der Waals surface area contributed by atoms with Crippen molar-refractivity contribution < 1.29 is 4.79 Å². The van der Waals surface area contributed by atoms with E-state index in [1.807, 2.05) is 9.30 Å². The number of fused-ring (bicyclic) bond motifs is 3. The molecule has 0 saturated carbocycles. The van der Waals surface area contributed by atoms with E-state index in [2.05, 4.69) is 36.0 Å². The third kappa shape index (κ3) is 3.01. The van der Waals surface area contributed by atoms with E-state index < -0.39 is 0 Å². The molecule has 0 spiro atoms. The number of hydrogen-bond donors (Lipinski definition) is 0. The van der Waals surface area contributed by atoms with Crippen LogP contribution >= 0.6 is 23.1 Å². The van der Waals surface area contributed by atoms with Crippen molar-refractivity contribution in [2.45, 2.75) is 38.8 Å². The number of carbonyl (C=O) groups excluding carboxylic acids is 1. The summed E-state index contributed by atoms with van der Waals surface area (Å²) >= 11 is 3.12. The van der Waals surface area contributed by atoms with Crippen LogP contribution < -0.4 is 0 Å². The fraction of sp³-hybridized carbons (Fsp3) is 0.529. The summed E-state index contributed by atoms with van der Waals surface area (Å²) in [5.74, 6) is 1.18. The van der Waals surface area contributed by atoms with Crippen molar-refractivity contribution in [1.82, 2.24) is 24.5 Å². The Balaban J connectivity index is 1.56. The van der Waals surface area contributed by atoms with Gasteiger partial charge in [0.15, 0.2) is 10.8 Å². The number of piperidine rings is 1. The van der Waals surface area contributed by atoms with Crippen LogP contribution in [0.4, 0.5) is 0 Å². The summed E-state index contributed by atoms with van der Waals surface area (Å²) in [7, 11) is 0. The smallest absolute Gasteiger partial charge is 0.233 e. The zero-order chi connectivity index (χ0) is 17.6. The number of carbonyl (C=O) groups is 1. The molecule has 25 heavy (non-hydrogen) atoms. The van der Waals surface area contributed by atoms with Crippen LogP contribution in [0.25, 0.3) is 15.9 Å². The third-order valence-electron chi connectivity index (χ3n) is 4.88. The van der Waals surface area contributed by atoms with Crippen LogP contribution in [0.3, 0.4) is 0 Å². The van der Waals surface area contributed by atoms with Crippen molar-refractivity contribution in [3.05, 3.63) is 16.8 Å². The largest absolute Gasteiger partial charge is 0.342 e. The van der Waals surface area contributed by atoms with Gasteiger partial charge in [0.1, 0.15) is 11.2 Å². The maximum absolute atomic E-state index is 12.5. The highest BCUT2D eigenvalue weighted by Crippen LogP contribution is 2.32. The average Bonchev–Trinajstić information content (AvgIpc) is 3.13. The SMILES string of the molecule is Cc1sc2ncn3c(SCC(=O)N4CCC[C@@H](C)C4)nnc3c2c1C. The fourth-order valence-electron chi connectivity index (χ4n) is 3.36. The van der Waals surface area contributed by atoms with Gasteiger partial charge in [-0.05, 0) is 38.2 Å². The first-order valence-corrected chi connectivity index (χ1v) is 10.3. The summed E-state index contributed by atoms with van der Waals surface area (Å²) in [6, 6.07) is 0. The molecule has 0 aliphatic carbocycles. The summed E-state index contributed by atoms with van der Waals surface area (Å²) in [5.41, 5.74) is 2.04. The second kappa shape index (κ2) is 6.57. The molecule has 6 nitrogen and oxygen atoms in total. The van der Waals surface area contributed by atoms with Crippen molar-refractivity contribution in [3.8, 4) is 0 Å². The second-order valence-corrected chi connectivity index (χ2v) is 8.91. The summed E-state index contributed by atoms with van der Waals surface area (Å²) in [4.78, 5) is 21.2. The summed E-state index contributed by atoms with van der Waals surface area (Å²) in [6.45, 7) is 8.15. The van der Waals surface area contributed by atoms with Gasteiger partial charge >= 0.3 is 0 Å². The molecular formula is C17H21N5OS2. The maximum Gasteiger partial charge on any atom is 0.233 e. The summed E-state index contributed by atoms with van der Waals surface area (Å²) in [6.07, 6.45) is 4.08. The molecule has 1 saturated heterocycles. The molecule has 4 rings (SSSR count). The highest BCUT2D eigenvalue weighted by molar-refractivity contribution is 7.99. The van der Waals surface area contributed by atoms with Gasteiger partial charge in [0.2, 0.25) is 5.91 Å². The van der Waals surface area contributed by atoms with E-state index in [-0.39, 0.29) is 5.91 Å². The van der Waals surface area contributed by atoms with E-state index in [0.717, 1.165) is 40.5 Å². The van der Waals surface area contributed by atoms with Gasteiger partial charge in [-0.25, -0.2) is 4.98 Å². The number of nitrogens with zero attached hydrogens (tertiary/aromatic N) is 5. The van der Waals surface area contributed by atoms with Crippen molar-refractivity contribution in [2.75, 3.05) is 18.8 Å². The average molecular weight is 376 g/mol. The second-order valence-electron chi connectivity index (χ2n) is 6.76. The number of rotatable bonds is 3. The minimum absolute atomic E-state index is 0.185. The van der Waals surface area contributed by atoms with Crippen molar-refractivity contribution >= 4 is 44.9 Å². The molecule has 1 amide bonds. The van der Waals surface area contributed by atoms with Gasteiger partial charge in [-0.15, -0.1) is 21.5 Å². The van der Waals surface area contributed by atoms with E-state index in [1.54, 1.807) is 17.7 Å². The van der Waals surface area contributed by atoms with Crippen LogP contribution in [0, 0.1) is 19.8 Å². The summed E-state index contributed by atoms with van der Waals surface area (Å²) < 4.78 is 1.90. The Morgan fingerprint density at radius 1 is 1.40 bits per heavy atom. The molecular weight excluding hydrogens is 354 g/mol. The molecule has 3 aromatic heterocycles. The van der Waals surface area contributed by atoms with Crippen LogP contribution in [0.2, 0.25) is 0 Å². The van der Waals surface area contributed by atoms with Crippen LogP contribution in [-0.4, -0.2) is 49.2 Å². The predicted molar refractivity (Wildman–Crippen MR) is 101 cm³/mol. The lowest BCUT2D eigenvalue weighted by Gasteiger charge is -2.30. The minimum atomic E-state index is 0.185. The number of thioether (sulfide) groups is 1. The quantitative estimate of drug-likeness (QED) is 0.657. The molecule has 0 N–H and O–H groups in total. The van der Waals surface area contributed by atoms with Gasteiger partial charge in [-0.2, -0.15) is 0 Å². The minimum Gasteiger partial charge on any atom is -0.342 e. The molecule has 0 bridgehead atoms. The normalized spacial score (nSPS) is 18.4. The molecule has 8 heteroatoms. The van der Waals surface area contributed by atoms with Crippen LogP contribution in [0.5, 0.6) is 0 Å². The lowest BCUT2D eigenvalue weighted by atomic mass is 10.0. The van der Waals surface area contributed by atoms with Gasteiger partial charge in [0.25, 0.3) is 0 Å². The van der Waals surface area contributed by atoms with Crippen molar-refractivity contribution in [1.29, 1.82) is 0 Å². The van der Waals surface area contributed by atoms with Gasteiger partial charge in [0, 0.05) is 18.0 Å². The maximum atomic E-state index is 12.5. The Hall–Kier alpha value is -1.67. The standard InChI is InChI=1S/C17H21N5OS2/c1-10-5-4-6-21(7-10)13(23)8-24-17-20-19-15-14-11(2)12(3)25-16(14)18-9-22(15)17/h9-10H,4-8H2,1-3H3/t10-/m1/s1. The molecule has 1 atom stereocenters. The number of aryl methyl sites for hydroxylation is 2. The van der Waals surface area contributed by atoms with Crippen molar-refractivity contribution in [3.63, 3.8) is 0 Å². The van der Waals surface area contributed by atoms with Crippen LogP contribution in [-0.2, 0) is 4.79 Å². The number of thiophene rings is 1. The lowest BCUT2D eigenvalue weighted by molar-refractivity contribution is -0.130. The molecule has 132 valence electrons. The topological polar surface area (TPSA) is 63.4 Å².